The molecule has 0 aliphatic carbocycles. The number of nitro groups is 1. The van der Waals surface area contributed by atoms with Crippen molar-refractivity contribution in [3.8, 4) is 0 Å². The zero-order valence-electron chi connectivity index (χ0n) is 17.9. The Labute approximate surface area is 193 Å². The first-order valence-electron chi connectivity index (χ1n) is 10.0. The summed E-state index contributed by atoms with van der Waals surface area (Å²) in [6, 6.07) is 18.5. The lowest BCUT2D eigenvalue weighted by atomic mass is 10.0. The van der Waals surface area contributed by atoms with Crippen molar-refractivity contribution in [2.45, 2.75) is 30.2 Å². The third-order valence-electron chi connectivity index (χ3n) is 5.24. The number of carbonyl (C=O) groups is 1. The van der Waals surface area contributed by atoms with Crippen LogP contribution in [0, 0.1) is 24.0 Å². The molecule has 0 spiro atoms. The molecule has 3 aromatic carbocycles. The van der Waals surface area contributed by atoms with Crippen LogP contribution >= 0.6 is 11.8 Å². The van der Waals surface area contributed by atoms with Crippen molar-refractivity contribution in [1.29, 1.82) is 0 Å². The molecule has 4 aromatic rings. The summed E-state index contributed by atoms with van der Waals surface area (Å²) >= 11 is 1.24. The molecule has 4 rings (SSSR count). The fourth-order valence-electron chi connectivity index (χ4n) is 3.36. The second-order valence-corrected chi connectivity index (χ2v) is 8.52. The Morgan fingerprint density at radius 2 is 1.82 bits per heavy atom. The number of esters is 1. The number of nitrogens with zero attached hydrogens (tertiary/aromatic N) is 1. The van der Waals surface area contributed by atoms with Gasteiger partial charge in [-0.25, -0.2) is 9.59 Å². The molecule has 7 nitrogen and oxygen atoms in total. The van der Waals surface area contributed by atoms with Gasteiger partial charge in [-0.1, -0.05) is 42.1 Å². The topological polar surface area (TPSA) is 99.6 Å². The Morgan fingerprint density at radius 3 is 2.55 bits per heavy atom. The van der Waals surface area contributed by atoms with Gasteiger partial charge in [0.1, 0.15) is 12.2 Å². The van der Waals surface area contributed by atoms with Gasteiger partial charge in [-0.2, -0.15) is 0 Å². The predicted octanol–water partition coefficient (Wildman–Crippen LogP) is 5.83. The molecule has 0 aliphatic heterocycles. The van der Waals surface area contributed by atoms with E-state index in [2.05, 4.69) is 0 Å². The highest BCUT2D eigenvalue weighted by molar-refractivity contribution is 7.99. The molecule has 0 saturated carbocycles. The van der Waals surface area contributed by atoms with Crippen LogP contribution < -0.4 is 5.63 Å². The molecule has 0 aliphatic rings. The van der Waals surface area contributed by atoms with Crippen molar-refractivity contribution in [1.82, 2.24) is 0 Å². The number of hydrogen-bond donors (Lipinski definition) is 0. The summed E-state index contributed by atoms with van der Waals surface area (Å²) in [5.74, 6) is -0.723. The largest absolute Gasteiger partial charge is 0.457 e. The van der Waals surface area contributed by atoms with Crippen LogP contribution in [-0.4, -0.2) is 10.9 Å². The molecule has 0 N–H and O–H groups in total. The fourth-order valence-corrected chi connectivity index (χ4v) is 4.28. The van der Waals surface area contributed by atoms with E-state index in [1.807, 2.05) is 56.3 Å². The number of hydrogen-bond acceptors (Lipinski definition) is 7. The van der Waals surface area contributed by atoms with Crippen molar-refractivity contribution in [2.75, 3.05) is 0 Å². The first-order valence-corrected chi connectivity index (χ1v) is 10.9. The second kappa shape index (κ2) is 9.30. The lowest BCUT2D eigenvalue weighted by Crippen LogP contribution is -2.09. The Hall–Kier alpha value is -3.91. The van der Waals surface area contributed by atoms with E-state index in [4.69, 9.17) is 9.15 Å². The molecule has 0 fully saturated rings. The lowest BCUT2D eigenvalue weighted by Gasteiger charge is -2.10. The summed E-state index contributed by atoms with van der Waals surface area (Å²) in [4.78, 5) is 37.0. The zero-order chi connectivity index (χ0) is 23.5. The van der Waals surface area contributed by atoms with E-state index in [9.17, 15) is 19.7 Å². The second-order valence-electron chi connectivity index (χ2n) is 7.41. The third-order valence-corrected chi connectivity index (χ3v) is 6.31. The average molecular weight is 461 g/mol. The average Bonchev–Trinajstić information content (AvgIpc) is 2.80. The number of nitro benzene ring substituents is 1. The monoisotopic (exact) mass is 461 g/mol. The van der Waals surface area contributed by atoms with E-state index in [0.717, 1.165) is 16.0 Å². The van der Waals surface area contributed by atoms with Gasteiger partial charge in [-0.3, -0.25) is 10.1 Å². The van der Waals surface area contributed by atoms with Gasteiger partial charge < -0.3 is 9.15 Å². The Balaban J connectivity index is 1.58. The summed E-state index contributed by atoms with van der Waals surface area (Å²) in [6.07, 6.45) is 0. The maximum absolute atomic E-state index is 12.7. The summed E-state index contributed by atoms with van der Waals surface area (Å²) in [6.45, 7) is 3.59. The number of aryl methyl sites for hydroxylation is 2. The summed E-state index contributed by atoms with van der Waals surface area (Å²) in [5.41, 5.74) is 2.09. The van der Waals surface area contributed by atoms with Gasteiger partial charge in [0, 0.05) is 28.0 Å². The first kappa shape index (κ1) is 22.3. The van der Waals surface area contributed by atoms with Crippen LogP contribution in [0.3, 0.4) is 0 Å². The van der Waals surface area contributed by atoms with E-state index in [1.165, 1.54) is 36.0 Å². The maximum atomic E-state index is 12.7. The SMILES string of the molecule is Cc1ccc2c(COC(=O)c3ccc(Sc4ccccc4)c([N+](=O)[O-])c3)cc(=O)oc2c1C. The number of carbonyl (C=O) groups excluding carboxylic acids is 1. The lowest BCUT2D eigenvalue weighted by molar-refractivity contribution is -0.387. The van der Waals surface area contributed by atoms with Crippen LogP contribution in [0.2, 0.25) is 0 Å². The quantitative estimate of drug-likeness (QED) is 0.154. The van der Waals surface area contributed by atoms with E-state index in [0.29, 0.717) is 21.4 Å². The zero-order valence-corrected chi connectivity index (χ0v) is 18.7. The first-order chi connectivity index (χ1) is 15.8. The Morgan fingerprint density at radius 1 is 1.06 bits per heavy atom. The molecule has 166 valence electrons. The maximum Gasteiger partial charge on any atom is 0.338 e. The normalized spacial score (nSPS) is 10.8. The fraction of sp³-hybridized carbons (Fsp3) is 0.120. The minimum atomic E-state index is -0.723. The van der Waals surface area contributed by atoms with Crippen LogP contribution in [0.5, 0.6) is 0 Å². The van der Waals surface area contributed by atoms with Crippen LogP contribution in [0.4, 0.5) is 5.69 Å². The summed E-state index contributed by atoms with van der Waals surface area (Å²) in [5, 5.41) is 12.3. The molecule has 0 bridgehead atoms. The van der Waals surface area contributed by atoms with E-state index in [1.54, 1.807) is 0 Å². The molecule has 0 atom stereocenters. The van der Waals surface area contributed by atoms with Crippen LogP contribution in [-0.2, 0) is 11.3 Å². The minimum Gasteiger partial charge on any atom is -0.457 e. The smallest absolute Gasteiger partial charge is 0.338 e. The van der Waals surface area contributed by atoms with E-state index >= 15 is 0 Å². The minimum absolute atomic E-state index is 0.0541. The summed E-state index contributed by atoms with van der Waals surface area (Å²) < 4.78 is 10.7. The highest BCUT2D eigenvalue weighted by atomic mass is 32.2. The van der Waals surface area contributed by atoms with Gasteiger partial charge >= 0.3 is 11.6 Å². The molecule has 0 saturated heterocycles. The highest BCUT2D eigenvalue weighted by Crippen LogP contribution is 2.35. The molecule has 1 heterocycles. The molecular formula is C25H19NO6S. The van der Waals surface area contributed by atoms with Crippen LogP contribution in [0.25, 0.3) is 11.0 Å². The molecule has 0 unspecified atom stereocenters. The predicted molar refractivity (Wildman–Crippen MR) is 125 cm³/mol. The number of ether oxygens (including phenoxy) is 1. The Kier molecular flexibility index (Phi) is 6.28. The highest BCUT2D eigenvalue weighted by Gasteiger charge is 2.20. The van der Waals surface area contributed by atoms with Crippen LogP contribution in [0.1, 0.15) is 27.0 Å². The molecule has 0 amide bonds. The van der Waals surface area contributed by atoms with E-state index < -0.39 is 16.5 Å². The molecule has 1 aromatic heterocycles. The third kappa shape index (κ3) is 4.80. The van der Waals surface area contributed by atoms with Crippen molar-refractivity contribution in [3.63, 3.8) is 0 Å². The van der Waals surface area contributed by atoms with Gasteiger partial charge in [0.05, 0.1) is 15.4 Å². The number of rotatable bonds is 6. The van der Waals surface area contributed by atoms with E-state index in [-0.39, 0.29) is 17.9 Å². The van der Waals surface area contributed by atoms with Gasteiger partial charge in [-0.05, 0) is 49.2 Å². The summed E-state index contributed by atoms with van der Waals surface area (Å²) in [7, 11) is 0. The van der Waals surface area contributed by atoms with Gasteiger partial charge in [-0.15, -0.1) is 0 Å². The van der Waals surface area contributed by atoms with Gasteiger partial charge in [0.15, 0.2) is 0 Å². The van der Waals surface area contributed by atoms with Crippen molar-refractivity contribution in [2.24, 2.45) is 0 Å². The van der Waals surface area contributed by atoms with Crippen molar-refractivity contribution < 1.29 is 18.9 Å². The Bertz CT molecular complexity index is 1430. The van der Waals surface area contributed by atoms with Gasteiger partial charge in [0.25, 0.3) is 5.69 Å². The standard InChI is InChI=1S/C25H19NO6S/c1-15-8-10-20-18(13-23(27)32-24(20)16(15)2)14-31-25(28)17-9-11-22(21(12-17)26(29)30)33-19-6-4-3-5-7-19/h3-13H,14H2,1-2H3. The van der Waals surface area contributed by atoms with Crippen molar-refractivity contribution >= 4 is 34.4 Å². The molecule has 8 heteroatoms. The van der Waals surface area contributed by atoms with Crippen LogP contribution in [0.15, 0.2) is 85.7 Å². The number of fused-ring (bicyclic) bond motifs is 1. The molecule has 33 heavy (non-hydrogen) atoms. The molecule has 0 radical (unpaired) electrons. The number of benzene rings is 3. The van der Waals surface area contributed by atoms with Crippen molar-refractivity contribution in [3.05, 3.63) is 110 Å². The molecular weight excluding hydrogens is 442 g/mol. The van der Waals surface area contributed by atoms with Gasteiger partial charge in [0.2, 0.25) is 0 Å².